The quantitative estimate of drug-likeness (QED) is 0.555. The molecule has 5 rings (SSSR count). The molecule has 1 atom stereocenters. The molecule has 6 nitrogen and oxygen atoms in total. The fourth-order valence-electron chi connectivity index (χ4n) is 5.45. The Morgan fingerprint density at radius 2 is 1.76 bits per heavy atom. The highest BCUT2D eigenvalue weighted by molar-refractivity contribution is 5.83. The molecule has 1 fully saturated rings. The number of fused-ring (bicyclic) bond motifs is 3. The predicted octanol–water partition coefficient (Wildman–Crippen LogP) is 4.68. The number of nitrogens with one attached hydrogen (secondary N) is 1. The lowest BCUT2D eigenvalue weighted by molar-refractivity contribution is -0.137. The van der Waals surface area contributed by atoms with Gasteiger partial charge in [0.15, 0.2) is 0 Å². The Balaban J connectivity index is 1.45. The highest BCUT2D eigenvalue weighted by atomic mass is 19.4. The van der Waals surface area contributed by atoms with Gasteiger partial charge in [-0.25, -0.2) is 0 Å². The van der Waals surface area contributed by atoms with Crippen LogP contribution in [0.15, 0.2) is 66.9 Å². The van der Waals surface area contributed by atoms with E-state index in [-0.39, 0.29) is 24.4 Å². The summed E-state index contributed by atoms with van der Waals surface area (Å²) >= 11 is 0. The molecule has 1 N–H and O–H groups in total. The Morgan fingerprint density at radius 1 is 1.00 bits per heavy atom. The maximum Gasteiger partial charge on any atom is 0.416 e. The first-order valence-electron chi connectivity index (χ1n) is 12.4. The van der Waals surface area contributed by atoms with Gasteiger partial charge >= 0.3 is 6.18 Å². The summed E-state index contributed by atoms with van der Waals surface area (Å²) in [4.78, 5) is 29.7. The maximum absolute atomic E-state index is 13.8. The Bertz CT molecular complexity index is 1290. The molecule has 2 amide bonds. The number of aromatic nitrogens is 1. The first-order chi connectivity index (χ1) is 17.7. The van der Waals surface area contributed by atoms with Gasteiger partial charge in [-0.3, -0.25) is 14.5 Å². The number of hydrogen-bond donors (Lipinski definition) is 1. The van der Waals surface area contributed by atoms with E-state index >= 15 is 0 Å². The van der Waals surface area contributed by atoms with E-state index in [2.05, 4.69) is 16.3 Å². The van der Waals surface area contributed by atoms with Gasteiger partial charge in [0.05, 0.1) is 5.56 Å². The van der Waals surface area contributed by atoms with E-state index in [0.29, 0.717) is 25.2 Å². The smallest absolute Gasteiger partial charge is 0.350 e. The Hall–Kier alpha value is -3.59. The minimum absolute atomic E-state index is 0.0104. The molecule has 1 saturated heterocycles. The Kier molecular flexibility index (Phi) is 6.81. The predicted molar refractivity (Wildman–Crippen MR) is 133 cm³/mol. The lowest BCUT2D eigenvalue weighted by Crippen LogP contribution is -2.50. The topological polar surface area (TPSA) is 57.6 Å². The van der Waals surface area contributed by atoms with Crippen LogP contribution in [0.5, 0.6) is 0 Å². The van der Waals surface area contributed by atoms with Gasteiger partial charge in [-0.05, 0) is 54.3 Å². The highest BCUT2D eigenvalue weighted by Crippen LogP contribution is 2.36. The zero-order valence-corrected chi connectivity index (χ0v) is 20.5. The Morgan fingerprint density at radius 3 is 2.49 bits per heavy atom. The van der Waals surface area contributed by atoms with E-state index in [9.17, 15) is 22.8 Å². The molecule has 37 heavy (non-hydrogen) atoms. The van der Waals surface area contributed by atoms with Crippen molar-refractivity contribution in [3.8, 4) is 5.69 Å². The Labute approximate surface area is 213 Å². The number of piperidine rings is 1. The molecule has 0 saturated carbocycles. The second-order valence-corrected chi connectivity index (χ2v) is 9.66. The third-order valence-corrected chi connectivity index (χ3v) is 7.34. The van der Waals surface area contributed by atoms with Crippen molar-refractivity contribution in [1.82, 2.24) is 19.7 Å². The normalized spacial score (nSPS) is 18.6. The van der Waals surface area contributed by atoms with Crippen molar-refractivity contribution in [2.75, 3.05) is 13.1 Å². The number of halogens is 3. The van der Waals surface area contributed by atoms with Crippen LogP contribution in [0.3, 0.4) is 0 Å². The molecule has 3 heterocycles. The minimum atomic E-state index is -4.44. The van der Waals surface area contributed by atoms with Crippen molar-refractivity contribution in [2.24, 2.45) is 0 Å². The summed E-state index contributed by atoms with van der Waals surface area (Å²) in [5.74, 6) is -0.219. The number of benzene rings is 2. The van der Waals surface area contributed by atoms with Crippen LogP contribution < -0.4 is 5.32 Å². The number of amides is 2. The standard InChI is InChI=1S/C28H29F3N4O2/c1-19(36)33-14-11-23(12-15-33)35-18-21-7-2-3-9-24(21)34-13-5-10-25(34)26(35)27(37)32-17-20-6-4-8-22(16-20)28(29,30)31/h2-10,13,16,23,26H,11-12,14-15,17-18H2,1H3,(H,32,37)/t26-/m1/s1. The first-order valence-corrected chi connectivity index (χ1v) is 12.4. The average molecular weight is 511 g/mol. The molecule has 194 valence electrons. The number of rotatable bonds is 4. The number of nitrogens with zero attached hydrogens (tertiary/aromatic N) is 3. The van der Waals surface area contributed by atoms with Crippen LogP contribution in [0.2, 0.25) is 0 Å². The largest absolute Gasteiger partial charge is 0.416 e. The van der Waals surface area contributed by atoms with E-state index in [0.717, 1.165) is 41.9 Å². The summed E-state index contributed by atoms with van der Waals surface area (Å²) < 4.78 is 41.5. The number of likely N-dealkylation sites (tertiary alicyclic amines) is 1. The molecule has 0 aliphatic carbocycles. The van der Waals surface area contributed by atoms with Crippen LogP contribution in [0.1, 0.15) is 48.2 Å². The number of carbonyl (C=O) groups is 2. The third kappa shape index (κ3) is 5.13. The van der Waals surface area contributed by atoms with Gasteiger partial charge < -0.3 is 14.8 Å². The van der Waals surface area contributed by atoms with Crippen LogP contribution >= 0.6 is 0 Å². The summed E-state index contributed by atoms with van der Waals surface area (Å²) in [6, 6.07) is 16.3. The molecule has 0 radical (unpaired) electrons. The molecule has 1 aromatic heterocycles. The van der Waals surface area contributed by atoms with Gasteiger partial charge in [-0.2, -0.15) is 13.2 Å². The zero-order valence-electron chi connectivity index (χ0n) is 20.5. The summed E-state index contributed by atoms with van der Waals surface area (Å²) in [5.41, 5.74) is 2.54. The number of hydrogen-bond acceptors (Lipinski definition) is 3. The second-order valence-electron chi connectivity index (χ2n) is 9.66. The van der Waals surface area contributed by atoms with Crippen molar-refractivity contribution >= 4 is 11.8 Å². The second kappa shape index (κ2) is 10.0. The zero-order chi connectivity index (χ0) is 26.2. The van der Waals surface area contributed by atoms with Crippen LogP contribution in [0.4, 0.5) is 13.2 Å². The molecular formula is C28H29F3N4O2. The summed E-state index contributed by atoms with van der Waals surface area (Å²) in [6.45, 7) is 3.35. The molecule has 9 heteroatoms. The van der Waals surface area contributed by atoms with Crippen molar-refractivity contribution in [3.05, 3.63) is 89.2 Å². The van der Waals surface area contributed by atoms with Crippen molar-refractivity contribution in [3.63, 3.8) is 0 Å². The first kappa shape index (κ1) is 25.1. The molecule has 2 aliphatic heterocycles. The van der Waals surface area contributed by atoms with Crippen LogP contribution in [-0.4, -0.2) is 45.3 Å². The summed E-state index contributed by atoms with van der Waals surface area (Å²) in [7, 11) is 0. The molecule has 0 spiro atoms. The summed E-state index contributed by atoms with van der Waals surface area (Å²) in [5, 5.41) is 2.90. The van der Waals surface area contributed by atoms with Crippen molar-refractivity contribution < 1.29 is 22.8 Å². The van der Waals surface area contributed by atoms with Crippen molar-refractivity contribution in [2.45, 2.75) is 51.1 Å². The monoisotopic (exact) mass is 510 g/mol. The molecule has 3 aromatic rings. The van der Waals surface area contributed by atoms with Gasteiger partial charge in [0, 0.05) is 56.7 Å². The lowest BCUT2D eigenvalue weighted by atomic mass is 9.98. The fraction of sp³-hybridized carbons (Fsp3) is 0.357. The van der Waals surface area contributed by atoms with Gasteiger partial charge in [0.25, 0.3) is 0 Å². The van der Waals surface area contributed by atoms with Gasteiger partial charge in [-0.1, -0.05) is 30.3 Å². The number of para-hydroxylation sites is 1. The highest BCUT2D eigenvalue weighted by Gasteiger charge is 2.39. The van der Waals surface area contributed by atoms with E-state index in [4.69, 9.17) is 0 Å². The van der Waals surface area contributed by atoms with E-state index in [1.165, 1.54) is 6.07 Å². The summed E-state index contributed by atoms with van der Waals surface area (Å²) in [6.07, 6.45) is -1.04. The van der Waals surface area contributed by atoms with Crippen LogP contribution in [0, 0.1) is 0 Å². The van der Waals surface area contributed by atoms with Crippen LogP contribution in [-0.2, 0) is 28.9 Å². The van der Waals surface area contributed by atoms with E-state index < -0.39 is 17.8 Å². The van der Waals surface area contributed by atoms with Gasteiger partial charge in [0.2, 0.25) is 11.8 Å². The van der Waals surface area contributed by atoms with Gasteiger partial charge in [-0.15, -0.1) is 0 Å². The average Bonchev–Trinajstić information content (AvgIpc) is 3.31. The van der Waals surface area contributed by atoms with E-state index in [1.807, 2.05) is 46.0 Å². The minimum Gasteiger partial charge on any atom is -0.350 e. The maximum atomic E-state index is 13.8. The molecule has 2 aliphatic rings. The number of alkyl halides is 3. The molecule has 0 bridgehead atoms. The molecule has 2 aromatic carbocycles. The fourth-order valence-corrected chi connectivity index (χ4v) is 5.45. The SMILES string of the molecule is CC(=O)N1CCC(N2Cc3ccccc3-n3cccc3[C@@H]2C(=O)NCc2cccc(C(F)(F)F)c2)CC1. The molecule has 0 unspecified atom stereocenters. The number of carbonyl (C=O) groups excluding carboxylic acids is 2. The lowest BCUT2D eigenvalue weighted by Gasteiger charge is -2.41. The van der Waals surface area contributed by atoms with E-state index in [1.54, 1.807) is 13.0 Å². The molecular weight excluding hydrogens is 481 g/mol. The van der Waals surface area contributed by atoms with Crippen LogP contribution in [0.25, 0.3) is 5.69 Å². The van der Waals surface area contributed by atoms with Gasteiger partial charge in [0.1, 0.15) is 6.04 Å². The van der Waals surface area contributed by atoms with Crippen molar-refractivity contribution in [1.29, 1.82) is 0 Å². The third-order valence-electron chi connectivity index (χ3n) is 7.34.